The van der Waals surface area contributed by atoms with Gasteiger partial charge in [-0.05, 0) is 44.0 Å². The normalized spacial score (nSPS) is 19.3. The summed E-state index contributed by atoms with van der Waals surface area (Å²) in [6.45, 7) is 5.32. The molecule has 2 heterocycles. The van der Waals surface area contributed by atoms with Gasteiger partial charge in [0.25, 0.3) is 0 Å². The highest BCUT2D eigenvalue weighted by atomic mass is 16.5. The number of aromatic nitrogens is 2. The number of methoxy groups -OCH3 is 1. The first kappa shape index (κ1) is 15.1. The summed E-state index contributed by atoms with van der Waals surface area (Å²) in [4.78, 5) is 6.92. The van der Waals surface area contributed by atoms with E-state index >= 15 is 0 Å². The fraction of sp³-hybridized carbons (Fsp3) is 0.500. The summed E-state index contributed by atoms with van der Waals surface area (Å²) in [7, 11) is 1.74. The molecule has 0 radical (unpaired) electrons. The van der Waals surface area contributed by atoms with Crippen LogP contribution in [-0.2, 0) is 6.54 Å². The zero-order valence-electron chi connectivity index (χ0n) is 13.5. The average molecular weight is 299 g/mol. The van der Waals surface area contributed by atoms with Crippen LogP contribution in [0.25, 0.3) is 0 Å². The van der Waals surface area contributed by atoms with Gasteiger partial charge in [-0.25, -0.2) is 4.98 Å². The first-order valence-corrected chi connectivity index (χ1v) is 8.13. The molecule has 0 unspecified atom stereocenters. The zero-order valence-corrected chi connectivity index (χ0v) is 13.5. The Balaban J connectivity index is 1.71. The molecule has 1 atom stereocenters. The Labute approximate surface area is 132 Å². The molecule has 1 aromatic carbocycles. The van der Waals surface area contributed by atoms with E-state index in [9.17, 15) is 0 Å². The molecule has 0 amide bonds. The molecule has 22 heavy (non-hydrogen) atoms. The highest BCUT2D eigenvalue weighted by Gasteiger charge is 2.24. The van der Waals surface area contributed by atoms with Gasteiger partial charge in [-0.15, -0.1) is 0 Å². The lowest BCUT2D eigenvalue weighted by atomic mass is 9.95. The van der Waals surface area contributed by atoms with Crippen molar-refractivity contribution >= 4 is 0 Å². The first-order chi connectivity index (χ1) is 10.8. The lowest BCUT2D eigenvalue weighted by Crippen LogP contribution is -2.35. The van der Waals surface area contributed by atoms with Crippen LogP contribution in [0.5, 0.6) is 5.75 Å². The Morgan fingerprint density at radius 1 is 1.27 bits per heavy atom. The van der Waals surface area contributed by atoms with E-state index in [0.717, 1.165) is 24.7 Å². The number of nitrogens with zero attached hydrogens (tertiary/aromatic N) is 3. The van der Waals surface area contributed by atoms with Crippen LogP contribution in [-0.4, -0.2) is 34.7 Å². The number of hydrogen-bond donors (Lipinski definition) is 0. The number of likely N-dealkylation sites (tertiary alicyclic amines) is 1. The zero-order chi connectivity index (χ0) is 15.4. The molecule has 1 aliphatic rings. The second-order valence-electron chi connectivity index (χ2n) is 5.99. The second kappa shape index (κ2) is 6.97. The van der Waals surface area contributed by atoms with Crippen molar-refractivity contribution in [1.29, 1.82) is 0 Å². The van der Waals surface area contributed by atoms with Crippen molar-refractivity contribution in [3.63, 3.8) is 0 Å². The van der Waals surface area contributed by atoms with Crippen LogP contribution >= 0.6 is 0 Å². The molecule has 4 nitrogen and oxygen atoms in total. The molecule has 3 rings (SSSR count). The average Bonchev–Trinajstić information content (AvgIpc) is 2.98. The molecule has 0 spiro atoms. The third kappa shape index (κ3) is 3.33. The maximum absolute atomic E-state index is 5.38. The predicted octanol–water partition coefficient (Wildman–Crippen LogP) is 3.43. The van der Waals surface area contributed by atoms with Crippen molar-refractivity contribution in [3.05, 3.63) is 48.0 Å². The molecule has 0 aliphatic carbocycles. The number of aryl methyl sites for hydroxylation is 1. The Morgan fingerprint density at radius 2 is 2.18 bits per heavy atom. The van der Waals surface area contributed by atoms with E-state index in [4.69, 9.17) is 4.74 Å². The molecule has 1 saturated heterocycles. The number of hydrogen-bond acceptors (Lipinski definition) is 3. The summed E-state index contributed by atoms with van der Waals surface area (Å²) in [6.07, 6.45) is 7.78. The van der Waals surface area contributed by atoms with Gasteiger partial charge >= 0.3 is 0 Å². The van der Waals surface area contributed by atoms with Gasteiger partial charge in [0, 0.05) is 31.5 Å². The molecule has 1 fully saturated rings. The van der Waals surface area contributed by atoms with Gasteiger partial charge in [-0.2, -0.15) is 0 Å². The van der Waals surface area contributed by atoms with Gasteiger partial charge in [-0.3, -0.25) is 4.90 Å². The van der Waals surface area contributed by atoms with Crippen LogP contribution in [0, 0.1) is 6.92 Å². The Kier molecular flexibility index (Phi) is 4.78. The van der Waals surface area contributed by atoms with Gasteiger partial charge in [0.05, 0.1) is 7.11 Å². The summed E-state index contributed by atoms with van der Waals surface area (Å²) < 4.78 is 7.62. The van der Waals surface area contributed by atoms with Gasteiger partial charge in [0.1, 0.15) is 11.6 Å². The maximum Gasteiger partial charge on any atom is 0.119 e. The number of imidazole rings is 1. The van der Waals surface area contributed by atoms with Crippen molar-refractivity contribution in [2.24, 2.45) is 0 Å². The summed E-state index contributed by atoms with van der Waals surface area (Å²) in [5, 5.41) is 0. The van der Waals surface area contributed by atoms with Crippen LogP contribution < -0.4 is 4.74 Å². The van der Waals surface area contributed by atoms with Gasteiger partial charge in [0.2, 0.25) is 0 Å². The fourth-order valence-electron chi connectivity index (χ4n) is 3.36. The largest absolute Gasteiger partial charge is 0.497 e. The molecule has 0 saturated carbocycles. The van der Waals surface area contributed by atoms with Crippen LogP contribution in [0.4, 0.5) is 0 Å². The third-order valence-electron chi connectivity index (χ3n) is 4.64. The number of piperidine rings is 1. The van der Waals surface area contributed by atoms with Crippen LogP contribution in [0.15, 0.2) is 36.7 Å². The van der Waals surface area contributed by atoms with Gasteiger partial charge in [0.15, 0.2) is 0 Å². The molecule has 1 aromatic heterocycles. The SMILES string of the molecule is COc1cccc([C@H]2CCCCN2CCn2ccnc2C)c1. The van der Waals surface area contributed by atoms with E-state index in [-0.39, 0.29) is 0 Å². The first-order valence-electron chi connectivity index (χ1n) is 8.13. The molecule has 0 bridgehead atoms. The fourth-order valence-corrected chi connectivity index (χ4v) is 3.36. The van der Waals surface area contributed by atoms with Crippen LogP contribution in [0.1, 0.15) is 36.7 Å². The van der Waals surface area contributed by atoms with Crippen molar-refractivity contribution in [2.75, 3.05) is 20.2 Å². The quantitative estimate of drug-likeness (QED) is 0.847. The molecule has 0 N–H and O–H groups in total. The molecular formula is C18H25N3O. The van der Waals surface area contributed by atoms with Crippen molar-refractivity contribution in [2.45, 2.75) is 38.8 Å². The van der Waals surface area contributed by atoms with Crippen LogP contribution in [0.2, 0.25) is 0 Å². The lowest BCUT2D eigenvalue weighted by molar-refractivity contribution is 0.143. The number of rotatable bonds is 5. The number of ether oxygens (including phenoxy) is 1. The summed E-state index contributed by atoms with van der Waals surface area (Å²) in [5.41, 5.74) is 1.38. The van der Waals surface area contributed by atoms with Crippen molar-refractivity contribution in [3.8, 4) is 5.75 Å². The molecule has 2 aromatic rings. The monoisotopic (exact) mass is 299 g/mol. The Bertz CT molecular complexity index is 608. The van der Waals surface area contributed by atoms with E-state index in [2.05, 4.69) is 45.8 Å². The number of benzene rings is 1. The summed E-state index contributed by atoms with van der Waals surface area (Å²) in [5.74, 6) is 2.04. The smallest absolute Gasteiger partial charge is 0.119 e. The van der Waals surface area contributed by atoms with Gasteiger partial charge in [-0.1, -0.05) is 18.6 Å². The van der Waals surface area contributed by atoms with E-state index < -0.39 is 0 Å². The molecule has 118 valence electrons. The van der Waals surface area contributed by atoms with E-state index in [1.165, 1.54) is 31.4 Å². The maximum atomic E-state index is 5.38. The van der Waals surface area contributed by atoms with E-state index in [1.807, 2.05) is 12.3 Å². The highest BCUT2D eigenvalue weighted by molar-refractivity contribution is 5.30. The van der Waals surface area contributed by atoms with Crippen LogP contribution in [0.3, 0.4) is 0 Å². The van der Waals surface area contributed by atoms with E-state index in [0.29, 0.717) is 6.04 Å². The Morgan fingerprint density at radius 3 is 2.95 bits per heavy atom. The minimum Gasteiger partial charge on any atom is -0.497 e. The third-order valence-corrected chi connectivity index (χ3v) is 4.64. The topological polar surface area (TPSA) is 30.3 Å². The van der Waals surface area contributed by atoms with Crippen molar-refractivity contribution in [1.82, 2.24) is 14.5 Å². The summed E-state index contributed by atoms with van der Waals surface area (Å²) in [6, 6.07) is 9.04. The van der Waals surface area contributed by atoms with Crippen molar-refractivity contribution < 1.29 is 4.74 Å². The second-order valence-corrected chi connectivity index (χ2v) is 5.99. The minimum atomic E-state index is 0.507. The molecular weight excluding hydrogens is 274 g/mol. The lowest BCUT2D eigenvalue weighted by Gasteiger charge is -2.36. The summed E-state index contributed by atoms with van der Waals surface area (Å²) >= 11 is 0. The molecule has 4 heteroatoms. The highest BCUT2D eigenvalue weighted by Crippen LogP contribution is 2.32. The molecule has 1 aliphatic heterocycles. The van der Waals surface area contributed by atoms with E-state index in [1.54, 1.807) is 7.11 Å². The van der Waals surface area contributed by atoms with Gasteiger partial charge < -0.3 is 9.30 Å². The predicted molar refractivity (Wildman–Crippen MR) is 88.1 cm³/mol. The minimum absolute atomic E-state index is 0.507. The Hall–Kier alpha value is -1.81. The standard InChI is InChI=1S/C18H25N3O/c1-15-19-9-11-20(15)12-13-21-10-4-3-8-18(21)16-6-5-7-17(14-16)22-2/h5-7,9,11,14,18H,3-4,8,10,12-13H2,1-2H3/t18-/m1/s1.